The molecular weight excluding hydrogens is 234 g/mol. The van der Waals surface area contributed by atoms with Crippen molar-refractivity contribution < 1.29 is 4.79 Å². The van der Waals surface area contributed by atoms with Gasteiger partial charge in [0.15, 0.2) is 0 Å². The van der Waals surface area contributed by atoms with E-state index in [1.807, 2.05) is 11.8 Å². The van der Waals surface area contributed by atoms with Crippen molar-refractivity contribution in [2.24, 2.45) is 5.92 Å². The van der Waals surface area contributed by atoms with Gasteiger partial charge in [-0.2, -0.15) is 0 Å². The van der Waals surface area contributed by atoms with Gasteiger partial charge in [0, 0.05) is 12.6 Å². The van der Waals surface area contributed by atoms with E-state index in [1.54, 1.807) is 0 Å². The molecule has 2 rings (SSSR count). The van der Waals surface area contributed by atoms with Crippen LogP contribution in [-0.4, -0.2) is 33.0 Å². The lowest BCUT2D eigenvalue weighted by molar-refractivity contribution is 0.0726. The molecule has 0 atom stereocenters. The summed E-state index contributed by atoms with van der Waals surface area (Å²) in [4.78, 5) is 15.2. The molecule has 94 valence electrons. The summed E-state index contributed by atoms with van der Waals surface area (Å²) >= 11 is 1.23. The average molecular weight is 253 g/mol. The second-order valence-electron chi connectivity index (χ2n) is 4.98. The summed E-state index contributed by atoms with van der Waals surface area (Å²) in [5.41, 5.74) is 0.842. The number of aryl methyl sites for hydroxylation is 1. The summed E-state index contributed by atoms with van der Waals surface area (Å²) in [5, 5.41) is 4.02. The summed E-state index contributed by atoms with van der Waals surface area (Å²) in [7, 11) is 0. The van der Waals surface area contributed by atoms with Crippen molar-refractivity contribution in [3.05, 3.63) is 10.6 Å². The van der Waals surface area contributed by atoms with Crippen molar-refractivity contribution in [2.45, 2.75) is 46.1 Å². The maximum atomic E-state index is 12.5. The third-order valence-corrected chi connectivity index (χ3v) is 3.65. The second kappa shape index (κ2) is 5.12. The SMILES string of the molecule is CCc1nnsc1C(=O)N(CC(C)C)C1CC1. The van der Waals surface area contributed by atoms with Gasteiger partial charge in [-0.1, -0.05) is 25.3 Å². The number of carbonyl (C=O) groups is 1. The molecule has 1 aromatic rings. The number of nitrogens with zero attached hydrogens (tertiary/aromatic N) is 3. The highest BCUT2D eigenvalue weighted by Gasteiger charge is 2.34. The highest BCUT2D eigenvalue weighted by atomic mass is 32.1. The van der Waals surface area contributed by atoms with Crippen LogP contribution >= 0.6 is 11.5 Å². The molecule has 0 aromatic carbocycles. The summed E-state index contributed by atoms with van der Waals surface area (Å²) in [6.07, 6.45) is 3.07. The summed E-state index contributed by atoms with van der Waals surface area (Å²) in [6, 6.07) is 0.455. The molecule has 17 heavy (non-hydrogen) atoms. The van der Waals surface area contributed by atoms with E-state index in [-0.39, 0.29) is 5.91 Å². The van der Waals surface area contributed by atoms with Crippen LogP contribution in [0.25, 0.3) is 0 Å². The number of hydrogen-bond donors (Lipinski definition) is 0. The van der Waals surface area contributed by atoms with Crippen LogP contribution in [0.15, 0.2) is 0 Å². The molecule has 1 aromatic heterocycles. The van der Waals surface area contributed by atoms with Gasteiger partial charge in [0.2, 0.25) is 0 Å². The summed E-state index contributed by atoms with van der Waals surface area (Å²) in [5.74, 6) is 0.638. The Morgan fingerprint density at radius 3 is 2.76 bits per heavy atom. The van der Waals surface area contributed by atoms with Crippen LogP contribution in [0.1, 0.15) is 49.0 Å². The van der Waals surface area contributed by atoms with Crippen molar-refractivity contribution in [1.82, 2.24) is 14.5 Å². The largest absolute Gasteiger partial charge is 0.335 e. The second-order valence-corrected chi connectivity index (χ2v) is 5.74. The van der Waals surface area contributed by atoms with Gasteiger partial charge in [-0.25, -0.2) is 0 Å². The smallest absolute Gasteiger partial charge is 0.267 e. The molecule has 0 N–H and O–H groups in total. The lowest BCUT2D eigenvalue weighted by Crippen LogP contribution is -2.36. The minimum atomic E-state index is 0.132. The lowest BCUT2D eigenvalue weighted by Gasteiger charge is -2.23. The zero-order chi connectivity index (χ0) is 12.4. The molecule has 1 heterocycles. The van der Waals surface area contributed by atoms with Gasteiger partial charge in [-0.15, -0.1) is 5.10 Å². The van der Waals surface area contributed by atoms with Gasteiger partial charge >= 0.3 is 0 Å². The number of hydrogen-bond acceptors (Lipinski definition) is 4. The molecule has 1 saturated carbocycles. The predicted molar refractivity (Wildman–Crippen MR) is 68.2 cm³/mol. The molecule has 4 nitrogen and oxygen atoms in total. The maximum absolute atomic E-state index is 12.5. The van der Waals surface area contributed by atoms with Crippen LogP contribution in [0.4, 0.5) is 0 Å². The number of rotatable bonds is 5. The fourth-order valence-corrected chi connectivity index (χ4v) is 2.62. The highest BCUT2D eigenvalue weighted by molar-refractivity contribution is 7.08. The van der Waals surface area contributed by atoms with Crippen LogP contribution < -0.4 is 0 Å². The van der Waals surface area contributed by atoms with E-state index in [0.717, 1.165) is 36.4 Å². The summed E-state index contributed by atoms with van der Waals surface area (Å²) < 4.78 is 3.90. The van der Waals surface area contributed by atoms with Crippen molar-refractivity contribution in [3.63, 3.8) is 0 Å². The number of aromatic nitrogens is 2. The van der Waals surface area contributed by atoms with E-state index in [2.05, 4.69) is 23.4 Å². The molecule has 5 heteroatoms. The predicted octanol–water partition coefficient (Wildman–Crippen LogP) is 2.36. The van der Waals surface area contributed by atoms with Crippen molar-refractivity contribution in [3.8, 4) is 0 Å². The highest BCUT2D eigenvalue weighted by Crippen LogP contribution is 2.30. The first kappa shape index (κ1) is 12.5. The van der Waals surface area contributed by atoms with Gasteiger partial charge in [0.1, 0.15) is 4.88 Å². The lowest BCUT2D eigenvalue weighted by atomic mass is 10.2. The average Bonchev–Trinajstić information content (AvgIpc) is 3.02. The Morgan fingerprint density at radius 2 is 2.24 bits per heavy atom. The first-order valence-electron chi connectivity index (χ1n) is 6.25. The Hall–Kier alpha value is -0.970. The fraction of sp³-hybridized carbons (Fsp3) is 0.750. The Labute approximate surface area is 106 Å². The molecule has 1 amide bonds. The van der Waals surface area contributed by atoms with E-state index >= 15 is 0 Å². The quantitative estimate of drug-likeness (QED) is 0.809. The van der Waals surface area contributed by atoms with E-state index in [4.69, 9.17) is 0 Å². The number of amides is 1. The zero-order valence-electron chi connectivity index (χ0n) is 10.6. The van der Waals surface area contributed by atoms with E-state index in [1.165, 1.54) is 11.5 Å². The molecule has 1 fully saturated rings. The Morgan fingerprint density at radius 1 is 1.53 bits per heavy atom. The van der Waals surface area contributed by atoms with Crippen LogP contribution in [0.2, 0.25) is 0 Å². The molecular formula is C12H19N3OS. The first-order chi connectivity index (χ1) is 8.13. The normalized spacial score (nSPS) is 15.3. The van der Waals surface area contributed by atoms with Crippen LogP contribution in [0.3, 0.4) is 0 Å². The fourth-order valence-electron chi connectivity index (χ4n) is 1.91. The van der Waals surface area contributed by atoms with Gasteiger partial charge in [-0.3, -0.25) is 4.79 Å². The molecule has 1 aliphatic rings. The van der Waals surface area contributed by atoms with Crippen molar-refractivity contribution >= 4 is 17.4 Å². The third-order valence-electron chi connectivity index (χ3n) is 2.90. The Kier molecular flexibility index (Phi) is 3.76. The molecule has 1 aliphatic carbocycles. The minimum absolute atomic E-state index is 0.132. The van der Waals surface area contributed by atoms with E-state index in [9.17, 15) is 4.79 Å². The summed E-state index contributed by atoms with van der Waals surface area (Å²) in [6.45, 7) is 7.14. The van der Waals surface area contributed by atoms with Crippen LogP contribution in [0.5, 0.6) is 0 Å². The first-order valence-corrected chi connectivity index (χ1v) is 7.03. The third kappa shape index (κ3) is 2.83. The molecule has 0 unspecified atom stereocenters. The molecule has 0 radical (unpaired) electrons. The molecule has 0 spiro atoms. The van der Waals surface area contributed by atoms with E-state index < -0.39 is 0 Å². The van der Waals surface area contributed by atoms with Crippen molar-refractivity contribution in [1.29, 1.82) is 0 Å². The topological polar surface area (TPSA) is 46.1 Å². The van der Waals surface area contributed by atoms with Gasteiger partial charge in [0.05, 0.1) is 5.69 Å². The minimum Gasteiger partial charge on any atom is -0.335 e. The van der Waals surface area contributed by atoms with Crippen molar-refractivity contribution in [2.75, 3.05) is 6.54 Å². The van der Waals surface area contributed by atoms with E-state index in [0.29, 0.717) is 12.0 Å². The molecule has 0 aliphatic heterocycles. The van der Waals surface area contributed by atoms with Gasteiger partial charge < -0.3 is 4.90 Å². The van der Waals surface area contributed by atoms with Crippen LogP contribution in [0, 0.1) is 5.92 Å². The Bertz CT molecular complexity index is 398. The Balaban J connectivity index is 2.15. The molecule has 0 saturated heterocycles. The molecule has 0 bridgehead atoms. The maximum Gasteiger partial charge on any atom is 0.267 e. The van der Waals surface area contributed by atoms with Gasteiger partial charge in [-0.05, 0) is 36.7 Å². The monoisotopic (exact) mass is 253 g/mol. The van der Waals surface area contributed by atoms with Crippen LogP contribution in [-0.2, 0) is 6.42 Å². The zero-order valence-corrected chi connectivity index (χ0v) is 11.5. The standard InChI is InChI=1S/C12H19N3OS/c1-4-10-11(17-14-13-10)12(16)15(7-8(2)3)9-5-6-9/h8-9H,4-7H2,1-3H3. The van der Waals surface area contributed by atoms with Gasteiger partial charge in [0.25, 0.3) is 5.91 Å². The number of carbonyl (C=O) groups excluding carboxylic acids is 1.